The number of benzene rings is 1. The molecule has 9 heteroatoms. The van der Waals surface area contributed by atoms with Crippen LogP contribution in [0.15, 0.2) is 41.9 Å². The average Bonchev–Trinajstić information content (AvgIpc) is 3.51. The maximum absolute atomic E-state index is 12.0. The standard InChI is InChI=1S/C31H39N3O4S2/c1-37-24-6-7-27-26(18-24)25(23(20-32-27)21-34-13-15-38-16-14-34)4-2-8-31(19-30(35)36)9-11-33(12-10-31)22-28(39)29-5-3-17-40-29/h3,5-7,17-18,20H,2,4,8-16,19,21-22H2,1H3,(H,35,36). The number of fused-ring (bicyclic) bond motifs is 1. The molecule has 214 valence electrons. The van der Waals surface area contributed by atoms with Crippen molar-refractivity contribution in [2.45, 2.75) is 45.1 Å². The number of aromatic nitrogens is 1. The predicted octanol–water partition coefficient (Wildman–Crippen LogP) is 5.43. The normalized spacial score (nSPS) is 18.1. The number of hydrogen-bond donors (Lipinski definition) is 1. The number of aryl methyl sites for hydroxylation is 1. The van der Waals surface area contributed by atoms with Gasteiger partial charge in [-0.2, -0.15) is 0 Å². The molecule has 3 aromatic rings. The van der Waals surface area contributed by atoms with E-state index in [1.807, 2.05) is 24.4 Å². The Kier molecular flexibility index (Phi) is 9.80. The highest BCUT2D eigenvalue weighted by molar-refractivity contribution is 7.81. The van der Waals surface area contributed by atoms with E-state index in [-0.39, 0.29) is 11.8 Å². The Hall–Kier alpha value is -2.43. The molecular weight excluding hydrogens is 542 g/mol. The number of likely N-dealkylation sites (tertiary alicyclic amines) is 1. The average molecular weight is 582 g/mol. The van der Waals surface area contributed by atoms with Gasteiger partial charge in [0.05, 0.1) is 32.3 Å². The molecule has 5 rings (SSSR count). The van der Waals surface area contributed by atoms with E-state index in [1.165, 1.54) is 11.1 Å². The number of rotatable bonds is 12. The SMILES string of the molecule is COc1ccc2ncc(CN3CCOCC3)c(CCCC3(CC(=O)O)CCN(CC(=S)c4cccs4)CC3)c2c1. The number of carbonyl (C=O) groups is 1. The maximum Gasteiger partial charge on any atom is 0.303 e. The Morgan fingerprint density at radius 1 is 1.18 bits per heavy atom. The first-order chi connectivity index (χ1) is 19.4. The third-order valence-corrected chi connectivity index (χ3v) is 9.92. The van der Waals surface area contributed by atoms with E-state index in [0.717, 1.165) is 111 Å². The second kappa shape index (κ2) is 13.5. The molecule has 40 heavy (non-hydrogen) atoms. The number of nitrogens with zero attached hydrogens (tertiary/aromatic N) is 3. The number of aliphatic carboxylic acids is 1. The van der Waals surface area contributed by atoms with Gasteiger partial charge in [0.2, 0.25) is 0 Å². The van der Waals surface area contributed by atoms with Crippen LogP contribution < -0.4 is 4.74 Å². The zero-order valence-corrected chi connectivity index (χ0v) is 24.9. The molecule has 2 saturated heterocycles. The van der Waals surface area contributed by atoms with Crippen LogP contribution in [0.2, 0.25) is 0 Å². The van der Waals surface area contributed by atoms with Gasteiger partial charge in [0.15, 0.2) is 0 Å². The first-order valence-corrected chi connectivity index (χ1v) is 15.5. The Bertz CT molecular complexity index is 1300. The molecule has 7 nitrogen and oxygen atoms in total. The number of thiocarbonyl (C=S) groups is 1. The lowest BCUT2D eigenvalue weighted by molar-refractivity contribution is -0.140. The van der Waals surface area contributed by atoms with Crippen LogP contribution in [-0.4, -0.2) is 83.8 Å². The monoisotopic (exact) mass is 581 g/mol. The lowest BCUT2D eigenvalue weighted by Gasteiger charge is -2.41. The molecule has 0 amide bonds. The van der Waals surface area contributed by atoms with Crippen LogP contribution in [0.1, 0.15) is 48.1 Å². The molecule has 2 aliphatic heterocycles. The second-order valence-corrected chi connectivity index (χ2v) is 12.6. The Labute approximate surface area is 246 Å². The summed E-state index contributed by atoms with van der Waals surface area (Å²) in [4.78, 5) is 23.7. The van der Waals surface area contributed by atoms with Crippen molar-refractivity contribution in [3.8, 4) is 5.75 Å². The van der Waals surface area contributed by atoms with E-state index in [9.17, 15) is 9.90 Å². The van der Waals surface area contributed by atoms with Gasteiger partial charge in [0, 0.05) is 47.5 Å². The fraction of sp³-hybridized carbons (Fsp3) is 0.516. The van der Waals surface area contributed by atoms with Crippen molar-refractivity contribution in [1.29, 1.82) is 0 Å². The minimum atomic E-state index is -0.699. The number of carboxylic acids is 1. The highest BCUT2D eigenvalue weighted by atomic mass is 32.1. The Balaban J connectivity index is 1.29. The number of methoxy groups -OCH3 is 1. The number of carboxylic acid groups (broad SMARTS) is 1. The van der Waals surface area contributed by atoms with Crippen LogP contribution in [0.3, 0.4) is 0 Å². The van der Waals surface area contributed by atoms with Crippen molar-refractivity contribution < 1.29 is 19.4 Å². The summed E-state index contributed by atoms with van der Waals surface area (Å²) in [6.07, 6.45) is 6.75. The number of hydrogen-bond acceptors (Lipinski definition) is 8. The molecule has 0 bridgehead atoms. The zero-order valence-electron chi connectivity index (χ0n) is 23.3. The zero-order chi connectivity index (χ0) is 28.0. The van der Waals surface area contributed by atoms with Gasteiger partial charge >= 0.3 is 5.97 Å². The molecule has 1 N–H and O–H groups in total. The highest BCUT2D eigenvalue weighted by Gasteiger charge is 2.36. The lowest BCUT2D eigenvalue weighted by atomic mass is 9.71. The van der Waals surface area contributed by atoms with Crippen molar-refractivity contribution >= 4 is 45.3 Å². The Morgan fingerprint density at radius 2 is 1.98 bits per heavy atom. The van der Waals surface area contributed by atoms with E-state index >= 15 is 0 Å². The van der Waals surface area contributed by atoms with Gasteiger partial charge < -0.3 is 14.6 Å². The molecular formula is C31H39N3O4S2. The summed E-state index contributed by atoms with van der Waals surface area (Å²) in [5.41, 5.74) is 3.33. The van der Waals surface area contributed by atoms with Gasteiger partial charge in [-0.1, -0.05) is 18.3 Å². The number of ether oxygens (including phenoxy) is 2. The van der Waals surface area contributed by atoms with Gasteiger partial charge in [-0.05, 0) is 91.4 Å². The van der Waals surface area contributed by atoms with Crippen LogP contribution >= 0.6 is 23.6 Å². The van der Waals surface area contributed by atoms with Crippen LogP contribution in [0.4, 0.5) is 0 Å². The van der Waals surface area contributed by atoms with E-state index in [2.05, 4.69) is 27.3 Å². The summed E-state index contributed by atoms with van der Waals surface area (Å²) in [6.45, 7) is 6.75. The van der Waals surface area contributed by atoms with E-state index in [4.69, 9.17) is 26.7 Å². The van der Waals surface area contributed by atoms with Crippen molar-refractivity contribution in [3.63, 3.8) is 0 Å². The molecule has 4 heterocycles. The molecule has 2 fully saturated rings. The topological polar surface area (TPSA) is 75.1 Å². The molecule has 0 saturated carbocycles. The van der Waals surface area contributed by atoms with Gasteiger partial charge in [0.25, 0.3) is 0 Å². The van der Waals surface area contributed by atoms with Crippen LogP contribution in [0, 0.1) is 5.41 Å². The fourth-order valence-electron chi connectivity index (χ4n) is 6.21. The summed E-state index contributed by atoms with van der Waals surface area (Å²) >= 11 is 7.37. The third kappa shape index (κ3) is 7.25. The minimum Gasteiger partial charge on any atom is -0.497 e. The Morgan fingerprint density at radius 3 is 2.67 bits per heavy atom. The number of pyridine rings is 1. The van der Waals surface area contributed by atoms with Crippen molar-refractivity contribution in [1.82, 2.24) is 14.8 Å². The quantitative estimate of drug-likeness (QED) is 0.224. The number of thiophene rings is 1. The summed E-state index contributed by atoms with van der Waals surface area (Å²) in [5, 5.41) is 13.0. The highest BCUT2D eigenvalue weighted by Crippen LogP contribution is 2.40. The van der Waals surface area contributed by atoms with Crippen molar-refractivity contribution in [2.75, 3.05) is 53.0 Å². The summed E-state index contributed by atoms with van der Waals surface area (Å²) < 4.78 is 11.1. The maximum atomic E-state index is 12.0. The van der Waals surface area contributed by atoms with Crippen LogP contribution in [-0.2, 0) is 22.5 Å². The van der Waals surface area contributed by atoms with E-state index in [0.29, 0.717) is 0 Å². The molecule has 0 radical (unpaired) electrons. The predicted molar refractivity (Wildman–Crippen MR) is 164 cm³/mol. The minimum absolute atomic E-state index is 0.183. The lowest BCUT2D eigenvalue weighted by Crippen LogP contribution is -2.43. The molecule has 0 spiro atoms. The smallest absolute Gasteiger partial charge is 0.303 e. The van der Waals surface area contributed by atoms with Gasteiger partial charge in [-0.15, -0.1) is 11.3 Å². The van der Waals surface area contributed by atoms with E-state index in [1.54, 1.807) is 18.4 Å². The number of morpholine rings is 1. The first-order valence-electron chi connectivity index (χ1n) is 14.2. The van der Waals surface area contributed by atoms with Crippen molar-refractivity contribution in [3.05, 3.63) is 57.9 Å². The van der Waals surface area contributed by atoms with Crippen molar-refractivity contribution in [2.24, 2.45) is 5.41 Å². The first kappa shape index (κ1) is 29.1. The molecule has 0 aliphatic carbocycles. The molecule has 2 aliphatic rings. The fourth-order valence-corrected chi connectivity index (χ4v) is 7.26. The van der Waals surface area contributed by atoms with Gasteiger partial charge in [-0.25, -0.2) is 0 Å². The van der Waals surface area contributed by atoms with E-state index < -0.39 is 5.97 Å². The largest absolute Gasteiger partial charge is 0.497 e. The summed E-state index contributed by atoms with van der Waals surface area (Å²) in [7, 11) is 1.70. The molecule has 0 unspecified atom stereocenters. The summed E-state index contributed by atoms with van der Waals surface area (Å²) in [6, 6.07) is 10.2. The third-order valence-electron chi connectivity index (χ3n) is 8.51. The second-order valence-electron chi connectivity index (χ2n) is 11.1. The summed E-state index contributed by atoms with van der Waals surface area (Å²) in [5.74, 6) is 0.129. The van der Waals surface area contributed by atoms with Crippen LogP contribution in [0.5, 0.6) is 5.75 Å². The van der Waals surface area contributed by atoms with Crippen LogP contribution in [0.25, 0.3) is 10.9 Å². The van der Waals surface area contributed by atoms with Gasteiger partial charge in [-0.3, -0.25) is 19.6 Å². The molecule has 0 atom stereocenters. The molecule has 1 aromatic carbocycles. The molecule has 2 aromatic heterocycles. The number of piperidine rings is 1. The van der Waals surface area contributed by atoms with Gasteiger partial charge in [0.1, 0.15) is 5.75 Å².